The Hall–Kier alpha value is -2.16. The van der Waals surface area contributed by atoms with Gasteiger partial charge in [-0.3, -0.25) is 10.4 Å². The maximum Gasteiger partial charge on any atom is 0.129 e. The highest BCUT2D eigenvalue weighted by Crippen LogP contribution is 2.10. The lowest BCUT2D eigenvalue weighted by Crippen LogP contribution is -2.11. The SMILES string of the molecule is Cc1ccc(NC(=N)c2ccncc2)cc1. The van der Waals surface area contributed by atoms with Crippen LogP contribution in [0.1, 0.15) is 11.1 Å². The Kier molecular flexibility index (Phi) is 2.96. The van der Waals surface area contributed by atoms with E-state index in [4.69, 9.17) is 5.41 Å². The average Bonchev–Trinajstić information content (AvgIpc) is 2.33. The number of nitrogens with one attached hydrogen (secondary N) is 2. The van der Waals surface area contributed by atoms with Gasteiger partial charge in [0.15, 0.2) is 0 Å². The molecule has 2 rings (SSSR count). The average molecular weight is 211 g/mol. The van der Waals surface area contributed by atoms with Crippen LogP contribution in [0.3, 0.4) is 0 Å². The van der Waals surface area contributed by atoms with Crippen molar-refractivity contribution in [2.75, 3.05) is 5.32 Å². The van der Waals surface area contributed by atoms with Crippen molar-refractivity contribution in [3.63, 3.8) is 0 Å². The van der Waals surface area contributed by atoms with E-state index >= 15 is 0 Å². The lowest BCUT2D eigenvalue weighted by Gasteiger charge is -2.07. The summed E-state index contributed by atoms with van der Waals surface area (Å²) in [6.45, 7) is 2.04. The van der Waals surface area contributed by atoms with E-state index < -0.39 is 0 Å². The molecule has 16 heavy (non-hydrogen) atoms. The fourth-order valence-corrected chi connectivity index (χ4v) is 1.37. The maximum absolute atomic E-state index is 7.88. The highest BCUT2D eigenvalue weighted by molar-refractivity contribution is 6.05. The largest absolute Gasteiger partial charge is 0.340 e. The smallest absolute Gasteiger partial charge is 0.129 e. The fourth-order valence-electron chi connectivity index (χ4n) is 1.37. The molecule has 0 bridgehead atoms. The second-order valence-corrected chi connectivity index (χ2v) is 3.60. The zero-order valence-electron chi connectivity index (χ0n) is 9.07. The number of pyridine rings is 1. The number of nitrogens with zero attached hydrogens (tertiary/aromatic N) is 1. The van der Waals surface area contributed by atoms with E-state index in [0.29, 0.717) is 5.84 Å². The van der Waals surface area contributed by atoms with Crippen LogP contribution in [0.2, 0.25) is 0 Å². The van der Waals surface area contributed by atoms with Crippen molar-refractivity contribution in [3.05, 3.63) is 59.9 Å². The first kappa shape index (κ1) is 10.4. The molecular formula is C13H13N3. The van der Waals surface area contributed by atoms with Gasteiger partial charge in [0.1, 0.15) is 5.84 Å². The van der Waals surface area contributed by atoms with E-state index in [1.807, 2.05) is 43.3 Å². The first-order valence-corrected chi connectivity index (χ1v) is 5.08. The number of aryl methyl sites for hydroxylation is 1. The molecule has 0 aliphatic carbocycles. The van der Waals surface area contributed by atoms with Crippen LogP contribution in [0, 0.1) is 12.3 Å². The Labute approximate surface area is 94.7 Å². The third-order valence-electron chi connectivity index (χ3n) is 2.29. The van der Waals surface area contributed by atoms with E-state index in [1.165, 1.54) is 5.56 Å². The molecule has 2 N–H and O–H groups in total. The molecule has 0 amide bonds. The normalized spacial score (nSPS) is 9.81. The van der Waals surface area contributed by atoms with Crippen LogP contribution in [0.15, 0.2) is 48.8 Å². The molecule has 80 valence electrons. The van der Waals surface area contributed by atoms with Gasteiger partial charge in [0.25, 0.3) is 0 Å². The summed E-state index contributed by atoms with van der Waals surface area (Å²) in [5.74, 6) is 0.381. The third-order valence-corrected chi connectivity index (χ3v) is 2.29. The number of hydrogen-bond acceptors (Lipinski definition) is 2. The third kappa shape index (κ3) is 2.45. The van der Waals surface area contributed by atoms with Crippen molar-refractivity contribution in [2.24, 2.45) is 0 Å². The van der Waals surface area contributed by atoms with Gasteiger partial charge in [-0.15, -0.1) is 0 Å². The zero-order valence-corrected chi connectivity index (χ0v) is 9.07. The lowest BCUT2D eigenvalue weighted by molar-refractivity contribution is 1.31. The maximum atomic E-state index is 7.88. The second kappa shape index (κ2) is 4.57. The van der Waals surface area contributed by atoms with Crippen LogP contribution in [-0.2, 0) is 0 Å². The number of anilines is 1. The highest BCUT2D eigenvalue weighted by atomic mass is 14.9. The van der Waals surface area contributed by atoms with Gasteiger partial charge in [-0.1, -0.05) is 17.7 Å². The number of amidine groups is 1. The molecule has 2 aromatic rings. The quantitative estimate of drug-likeness (QED) is 0.592. The number of benzene rings is 1. The number of hydrogen-bond donors (Lipinski definition) is 2. The van der Waals surface area contributed by atoms with Gasteiger partial charge in [-0.05, 0) is 31.2 Å². The van der Waals surface area contributed by atoms with Crippen molar-refractivity contribution in [2.45, 2.75) is 6.92 Å². The van der Waals surface area contributed by atoms with Crippen LogP contribution in [0.5, 0.6) is 0 Å². The summed E-state index contributed by atoms with van der Waals surface area (Å²) in [6, 6.07) is 11.6. The molecule has 3 nitrogen and oxygen atoms in total. The van der Waals surface area contributed by atoms with E-state index in [0.717, 1.165) is 11.3 Å². The van der Waals surface area contributed by atoms with Gasteiger partial charge in [-0.2, -0.15) is 0 Å². The highest BCUT2D eigenvalue weighted by Gasteiger charge is 2.00. The first-order valence-electron chi connectivity index (χ1n) is 5.08. The van der Waals surface area contributed by atoms with Crippen molar-refractivity contribution in [1.29, 1.82) is 5.41 Å². The molecule has 0 saturated heterocycles. The lowest BCUT2D eigenvalue weighted by atomic mass is 10.2. The summed E-state index contributed by atoms with van der Waals surface area (Å²) in [5, 5.41) is 10.9. The monoisotopic (exact) mass is 211 g/mol. The first-order chi connectivity index (χ1) is 7.75. The Morgan fingerprint density at radius 1 is 1.06 bits per heavy atom. The molecule has 1 aromatic carbocycles. The predicted molar refractivity (Wildman–Crippen MR) is 65.9 cm³/mol. The molecule has 0 aliphatic rings. The van der Waals surface area contributed by atoms with Gasteiger partial charge in [0, 0.05) is 23.6 Å². The van der Waals surface area contributed by atoms with Crippen molar-refractivity contribution >= 4 is 11.5 Å². The van der Waals surface area contributed by atoms with Gasteiger partial charge in [0.2, 0.25) is 0 Å². The molecule has 3 heteroatoms. The summed E-state index contributed by atoms with van der Waals surface area (Å²) in [4.78, 5) is 3.92. The topological polar surface area (TPSA) is 48.8 Å². The van der Waals surface area contributed by atoms with Gasteiger partial charge in [0.05, 0.1) is 0 Å². The van der Waals surface area contributed by atoms with Gasteiger partial charge < -0.3 is 5.32 Å². The molecule has 0 saturated carbocycles. The van der Waals surface area contributed by atoms with Crippen LogP contribution >= 0.6 is 0 Å². The van der Waals surface area contributed by atoms with E-state index in [1.54, 1.807) is 12.4 Å². The van der Waals surface area contributed by atoms with Crippen LogP contribution < -0.4 is 5.32 Å². The van der Waals surface area contributed by atoms with E-state index in [2.05, 4.69) is 10.3 Å². The van der Waals surface area contributed by atoms with Crippen molar-refractivity contribution < 1.29 is 0 Å². The molecule has 0 atom stereocenters. The Balaban J connectivity index is 2.11. The second-order valence-electron chi connectivity index (χ2n) is 3.60. The van der Waals surface area contributed by atoms with Crippen molar-refractivity contribution in [3.8, 4) is 0 Å². The summed E-state index contributed by atoms with van der Waals surface area (Å²) >= 11 is 0. The minimum absolute atomic E-state index is 0.381. The molecular weight excluding hydrogens is 198 g/mol. The molecule has 1 aromatic heterocycles. The number of rotatable bonds is 2. The Bertz CT molecular complexity index is 474. The Morgan fingerprint density at radius 3 is 2.31 bits per heavy atom. The predicted octanol–water partition coefficient (Wildman–Crippen LogP) is 2.83. The van der Waals surface area contributed by atoms with Crippen molar-refractivity contribution in [1.82, 2.24) is 4.98 Å². The standard InChI is InChI=1S/C13H13N3/c1-10-2-4-12(5-3-10)16-13(14)11-6-8-15-9-7-11/h2-9H,1H3,(H2,14,16). The molecule has 1 heterocycles. The van der Waals surface area contributed by atoms with Gasteiger partial charge in [-0.25, -0.2) is 0 Å². The summed E-state index contributed by atoms with van der Waals surface area (Å²) in [5.41, 5.74) is 2.96. The van der Waals surface area contributed by atoms with E-state index in [-0.39, 0.29) is 0 Å². The Morgan fingerprint density at radius 2 is 1.69 bits per heavy atom. The molecule has 0 unspecified atom stereocenters. The molecule has 0 spiro atoms. The summed E-state index contributed by atoms with van der Waals surface area (Å²) < 4.78 is 0. The van der Waals surface area contributed by atoms with Crippen LogP contribution in [0.4, 0.5) is 5.69 Å². The molecule has 0 fully saturated rings. The fraction of sp³-hybridized carbons (Fsp3) is 0.0769. The van der Waals surface area contributed by atoms with Crippen LogP contribution in [-0.4, -0.2) is 10.8 Å². The number of aromatic nitrogens is 1. The minimum atomic E-state index is 0.381. The van der Waals surface area contributed by atoms with Crippen LogP contribution in [0.25, 0.3) is 0 Å². The van der Waals surface area contributed by atoms with E-state index in [9.17, 15) is 0 Å². The summed E-state index contributed by atoms with van der Waals surface area (Å²) in [7, 11) is 0. The molecule has 0 aliphatic heterocycles. The summed E-state index contributed by atoms with van der Waals surface area (Å²) in [6.07, 6.45) is 3.36. The van der Waals surface area contributed by atoms with Gasteiger partial charge >= 0.3 is 0 Å². The minimum Gasteiger partial charge on any atom is -0.340 e. The molecule has 0 radical (unpaired) electrons. The zero-order chi connectivity index (χ0) is 11.4.